The minimum atomic E-state index is 0.101. The minimum absolute atomic E-state index is 0.101. The summed E-state index contributed by atoms with van der Waals surface area (Å²) in [6.07, 6.45) is 5.18. The molecule has 0 amide bonds. The van der Waals surface area contributed by atoms with Crippen LogP contribution in [0.5, 0.6) is 0 Å². The molecule has 13 heavy (non-hydrogen) atoms. The maximum atomic E-state index is 4.50. The van der Waals surface area contributed by atoms with Gasteiger partial charge in [-0.3, -0.25) is 0 Å². The van der Waals surface area contributed by atoms with E-state index in [1.54, 1.807) is 0 Å². The molecule has 1 aliphatic rings. The van der Waals surface area contributed by atoms with Crippen LogP contribution < -0.4 is 5.43 Å². The fourth-order valence-corrected chi connectivity index (χ4v) is 1.58. The SMILES string of the molecule is CC1CCCC/C1=N/NC(C)(C)C. The lowest BCUT2D eigenvalue weighted by Crippen LogP contribution is -2.33. The van der Waals surface area contributed by atoms with Gasteiger partial charge in [0.2, 0.25) is 0 Å². The first kappa shape index (κ1) is 10.6. The van der Waals surface area contributed by atoms with Crippen LogP contribution in [-0.2, 0) is 0 Å². The van der Waals surface area contributed by atoms with E-state index in [-0.39, 0.29) is 5.54 Å². The molecule has 0 heterocycles. The van der Waals surface area contributed by atoms with E-state index in [0.717, 1.165) is 0 Å². The smallest absolute Gasteiger partial charge is 0.0464 e. The highest BCUT2D eigenvalue weighted by Gasteiger charge is 2.16. The molecule has 76 valence electrons. The lowest BCUT2D eigenvalue weighted by Gasteiger charge is -2.23. The van der Waals surface area contributed by atoms with E-state index in [0.29, 0.717) is 5.92 Å². The van der Waals surface area contributed by atoms with Gasteiger partial charge in [0.1, 0.15) is 0 Å². The van der Waals surface area contributed by atoms with Crippen molar-refractivity contribution in [3.63, 3.8) is 0 Å². The molecule has 0 bridgehead atoms. The molecular weight excluding hydrogens is 160 g/mol. The summed E-state index contributed by atoms with van der Waals surface area (Å²) in [5, 5.41) is 4.50. The summed E-state index contributed by atoms with van der Waals surface area (Å²) in [5.41, 5.74) is 4.67. The van der Waals surface area contributed by atoms with Crippen molar-refractivity contribution in [2.45, 2.75) is 58.9 Å². The van der Waals surface area contributed by atoms with Crippen LogP contribution in [0.4, 0.5) is 0 Å². The van der Waals surface area contributed by atoms with Gasteiger partial charge in [0.15, 0.2) is 0 Å². The second kappa shape index (κ2) is 4.12. The first-order valence-electron chi connectivity index (χ1n) is 5.33. The Bertz CT molecular complexity index is 189. The van der Waals surface area contributed by atoms with Crippen LogP contribution in [0.3, 0.4) is 0 Å². The molecule has 1 fully saturated rings. The summed E-state index contributed by atoms with van der Waals surface area (Å²) in [7, 11) is 0. The Balaban J connectivity index is 2.49. The van der Waals surface area contributed by atoms with Crippen LogP contribution in [0.25, 0.3) is 0 Å². The molecule has 0 saturated heterocycles. The number of rotatable bonds is 1. The third-order valence-electron chi connectivity index (χ3n) is 2.42. The molecule has 1 saturated carbocycles. The average Bonchev–Trinajstić information content (AvgIpc) is 2.01. The van der Waals surface area contributed by atoms with E-state index in [1.807, 2.05) is 0 Å². The first-order valence-corrected chi connectivity index (χ1v) is 5.33. The van der Waals surface area contributed by atoms with Gasteiger partial charge in [0, 0.05) is 11.3 Å². The standard InChI is InChI=1S/C11H22N2/c1-9-7-5-6-8-10(9)12-13-11(2,3)4/h9,13H,5-8H2,1-4H3/b12-10-. The quantitative estimate of drug-likeness (QED) is 0.619. The summed E-state index contributed by atoms with van der Waals surface area (Å²) >= 11 is 0. The second-order valence-corrected chi connectivity index (χ2v) is 5.11. The normalized spacial score (nSPS) is 27.7. The number of hydrogen-bond acceptors (Lipinski definition) is 2. The van der Waals surface area contributed by atoms with Crippen molar-refractivity contribution in [2.75, 3.05) is 0 Å². The Morgan fingerprint density at radius 2 is 2.00 bits per heavy atom. The predicted octanol–water partition coefficient (Wildman–Crippen LogP) is 2.94. The van der Waals surface area contributed by atoms with E-state index in [4.69, 9.17) is 0 Å². The highest BCUT2D eigenvalue weighted by atomic mass is 15.3. The second-order valence-electron chi connectivity index (χ2n) is 5.11. The molecule has 0 aliphatic heterocycles. The fourth-order valence-electron chi connectivity index (χ4n) is 1.58. The lowest BCUT2D eigenvalue weighted by molar-refractivity contribution is 0.433. The van der Waals surface area contributed by atoms with E-state index >= 15 is 0 Å². The van der Waals surface area contributed by atoms with Gasteiger partial charge in [-0.05, 0) is 46.0 Å². The zero-order chi connectivity index (χ0) is 9.90. The number of nitrogens with one attached hydrogen (secondary N) is 1. The lowest BCUT2D eigenvalue weighted by atomic mass is 9.89. The van der Waals surface area contributed by atoms with Crippen molar-refractivity contribution >= 4 is 5.71 Å². The van der Waals surface area contributed by atoms with Crippen LogP contribution in [0.2, 0.25) is 0 Å². The Labute approximate surface area is 81.8 Å². The molecule has 1 atom stereocenters. The number of hydrazone groups is 1. The van der Waals surface area contributed by atoms with Gasteiger partial charge in [-0.15, -0.1) is 0 Å². The molecule has 0 spiro atoms. The molecule has 1 unspecified atom stereocenters. The van der Waals surface area contributed by atoms with Crippen molar-refractivity contribution in [1.82, 2.24) is 5.43 Å². The maximum absolute atomic E-state index is 4.50. The zero-order valence-electron chi connectivity index (χ0n) is 9.35. The number of nitrogens with zero attached hydrogens (tertiary/aromatic N) is 1. The molecule has 1 N–H and O–H groups in total. The van der Waals surface area contributed by atoms with Gasteiger partial charge in [-0.1, -0.05) is 13.3 Å². The Morgan fingerprint density at radius 1 is 1.31 bits per heavy atom. The van der Waals surface area contributed by atoms with Crippen LogP contribution in [0.1, 0.15) is 53.4 Å². The Morgan fingerprint density at radius 3 is 2.54 bits per heavy atom. The van der Waals surface area contributed by atoms with Crippen molar-refractivity contribution in [3.8, 4) is 0 Å². The zero-order valence-corrected chi connectivity index (χ0v) is 9.35. The van der Waals surface area contributed by atoms with Gasteiger partial charge in [-0.25, -0.2) is 0 Å². The molecule has 1 rings (SSSR count). The van der Waals surface area contributed by atoms with Crippen molar-refractivity contribution < 1.29 is 0 Å². The molecule has 2 nitrogen and oxygen atoms in total. The molecule has 1 aliphatic carbocycles. The fraction of sp³-hybridized carbons (Fsp3) is 0.909. The van der Waals surface area contributed by atoms with Crippen molar-refractivity contribution in [2.24, 2.45) is 11.0 Å². The number of hydrogen-bond donors (Lipinski definition) is 1. The highest BCUT2D eigenvalue weighted by Crippen LogP contribution is 2.20. The van der Waals surface area contributed by atoms with E-state index in [2.05, 4.69) is 38.2 Å². The Kier molecular flexibility index (Phi) is 3.34. The topological polar surface area (TPSA) is 24.4 Å². The summed E-state index contributed by atoms with van der Waals surface area (Å²) in [4.78, 5) is 0. The maximum Gasteiger partial charge on any atom is 0.0464 e. The summed E-state index contributed by atoms with van der Waals surface area (Å²) in [5.74, 6) is 0.684. The summed E-state index contributed by atoms with van der Waals surface area (Å²) in [6, 6.07) is 0. The molecule has 0 aromatic carbocycles. The highest BCUT2D eigenvalue weighted by molar-refractivity contribution is 5.86. The molecule has 0 radical (unpaired) electrons. The third-order valence-corrected chi connectivity index (χ3v) is 2.42. The van der Waals surface area contributed by atoms with Crippen LogP contribution in [0.15, 0.2) is 5.10 Å². The van der Waals surface area contributed by atoms with Crippen molar-refractivity contribution in [3.05, 3.63) is 0 Å². The Hall–Kier alpha value is -0.530. The van der Waals surface area contributed by atoms with E-state index < -0.39 is 0 Å². The average molecular weight is 182 g/mol. The minimum Gasteiger partial charge on any atom is -0.305 e. The monoisotopic (exact) mass is 182 g/mol. The van der Waals surface area contributed by atoms with Gasteiger partial charge in [0.05, 0.1) is 0 Å². The van der Waals surface area contributed by atoms with E-state index in [9.17, 15) is 0 Å². The van der Waals surface area contributed by atoms with Gasteiger partial charge < -0.3 is 5.43 Å². The molecule has 0 aromatic heterocycles. The molecular formula is C11H22N2. The first-order chi connectivity index (χ1) is 5.99. The van der Waals surface area contributed by atoms with Crippen LogP contribution in [-0.4, -0.2) is 11.3 Å². The largest absolute Gasteiger partial charge is 0.305 e. The summed E-state index contributed by atoms with van der Waals surface area (Å²) < 4.78 is 0. The summed E-state index contributed by atoms with van der Waals surface area (Å²) in [6.45, 7) is 8.71. The third kappa shape index (κ3) is 3.79. The van der Waals surface area contributed by atoms with Gasteiger partial charge in [0.25, 0.3) is 0 Å². The van der Waals surface area contributed by atoms with Crippen molar-refractivity contribution in [1.29, 1.82) is 0 Å². The van der Waals surface area contributed by atoms with Crippen LogP contribution in [0, 0.1) is 5.92 Å². The van der Waals surface area contributed by atoms with Gasteiger partial charge >= 0.3 is 0 Å². The van der Waals surface area contributed by atoms with Crippen LogP contribution >= 0.6 is 0 Å². The van der Waals surface area contributed by atoms with E-state index in [1.165, 1.54) is 31.4 Å². The molecule has 2 heteroatoms. The van der Waals surface area contributed by atoms with Gasteiger partial charge in [-0.2, -0.15) is 5.10 Å². The molecule has 0 aromatic rings. The predicted molar refractivity (Wildman–Crippen MR) is 58.0 cm³/mol.